The highest BCUT2D eigenvalue weighted by atomic mass is 16.5. The minimum atomic E-state index is -0.273. The molecule has 1 saturated carbocycles. The number of hydrogen-bond acceptors (Lipinski definition) is 3. The summed E-state index contributed by atoms with van der Waals surface area (Å²) in [4.78, 5) is 15.7. The Kier molecular flexibility index (Phi) is 7.54. The second-order valence-corrected chi connectivity index (χ2v) is 10.2. The Labute approximate surface area is 199 Å². The Morgan fingerprint density at radius 3 is 2.61 bits per heavy atom. The first-order chi connectivity index (χ1) is 16.0. The number of nitrogens with one attached hydrogen (secondary N) is 1. The Hall–Kier alpha value is -2.59. The lowest BCUT2D eigenvalue weighted by atomic mass is 9.84. The number of piperidine rings is 1. The lowest BCUT2D eigenvalue weighted by Gasteiger charge is -2.39. The lowest BCUT2D eigenvalue weighted by molar-refractivity contribution is -0.130. The molecule has 2 unspecified atom stereocenters. The summed E-state index contributed by atoms with van der Waals surface area (Å²) >= 11 is 0. The normalized spacial score (nSPS) is 28.2. The molecule has 4 rings (SSSR count). The van der Waals surface area contributed by atoms with E-state index in [4.69, 9.17) is 4.74 Å². The molecule has 176 valence electrons. The van der Waals surface area contributed by atoms with Gasteiger partial charge in [-0.25, -0.2) is 0 Å². The van der Waals surface area contributed by atoms with Crippen molar-refractivity contribution >= 4 is 12.0 Å². The zero-order chi connectivity index (χ0) is 23.3. The Morgan fingerprint density at radius 2 is 1.91 bits per heavy atom. The second kappa shape index (κ2) is 10.6. The van der Waals surface area contributed by atoms with Gasteiger partial charge in [-0.15, -0.1) is 0 Å². The van der Waals surface area contributed by atoms with E-state index in [9.17, 15) is 4.79 Å². The van der Waals surface area contributed by atoms with E-state index in [1.807, 2.05) is 24.3 Å². The maximum absolute atomic E-state index is 13.1. The topological polar surface area (TPSA) is 41.6 Å². The predicted molar refractivity (Wildman–Crippen MR) is 135 cm³/mol. The van der Waals surface area contributed by atoms with Crippen LogP contribution in [-0.4, -0.2) is 37.0 Å². The fourth-order valence-electron chi connectivity index (χ4n) is 5.48. The van der Waals surface area contributed by atoms with Crippen molar-refractivity contribution in [1.29, 1.82) is 0 Å². The first kappa shape index (κ1) is 23.6. The molecular formula is C29H38N2O2. The lowest BCUT2D eigenvalue weighted by Crippen LogP contribution is -2.45. The maximum atomic E-state index is 13.1. The molecule has 2 aliphatic rings. The number of ether oxygens (including phenoxy) is 1. The third-order valence-electron chi connectivity index (χ3n) is 7.73. The highest BCUT2D eigenvalue weighted by Crippen LogP contribution is 2.42. The van der Waals surface area contributed by atoms with Crippen molar-refractivity contribution in [3.8, 4) is 5.75 Å². The van der Waals surface area contributed by atoms with Gasteiger partial charge in [-0.2, -0.15) is 0 Å². The van der Waals surface area contributed by atoms with Crippen LogP contribution in [-0.2, 0) is 11.3 Å². The first-order valence-electron chi connectivity index (χ1n) is 12.4. The number of nitrogens with zero attached hydrogens (tertiary/aromatic N) is 1. The van der Waals surface area contributed by atoms with Gasteiger partial charge >= 0.3 is 0 Å². The van der Waals surface area contributed by atoms with Crippen LogP contribution >= 0.6 is 0 Å². The van der Waals surface area contributed by atoms with Crippen LogP contribution in [0.4, 0.5) is 0 Å². The van der Waals surface area contributed by atoms with E-state index in [-0.39, 0.29) is 11.3 Å². The molecule has 0 bridgehead atoms. The molecule has 1 aliphatic heterocycles. The van der Waals surface area contributed by atoms with Gasteiger partial charge in [0, 0.05) is 24.5 Å². The predicted octanol–water partition coefficient (Wildman–Crippen LogP) is 5.54. The summed E-state index contributed by atoms with van der Waals surface area (Å²) in [5.74, 6) is 2.29. The van der Waals surface area contributed by atoms with Crippen molar-refractivity contribution in [2.24, 2.45) is 17.3 Å². The smallest absolute Gasteiger partial charge is 0.226 e. The largest absolute Gasteiger partial charge is 0.497 e. The van der Waals surface area contributed by atoms with Gasteiger partial charge in [0.05, 0.1) is 7.11 Å². The van der Waals surface area contributed by atoms with Crippen LogP contribution < -0.4 is 10.1 Å². The standard InChI is InChI=1S/C29H38N2O2/c1-22-21-31(18-16-25(22)12-9-23-7-5-4-6-8-23)26-15-17-29(2,19-26)28(32)30-20-24-10-13-27(33-3)14-11-24/h4-14,22,25-26H,15-21H2,1-3H3,(H,30,32)/b12-9-/t22-,25+,26?,29?/m0/s1. The number of likely N-dealkylation sites (tertiary alicyclic amines) is 1. The number of allylic oxidation sites excluding steroid dienone is 1. The Morgan fingerprint density at radius 1 is 1.15 bits per heavy atom. The number of hydrogen-bond donors (Lipinski definition) is 1. The third-order valence-corrected chi connectivity index (χ3v) is 7.73. The van der Waals surface area contributed by atoms with E-state index in [0.29, 0.717) is 24.4 Å². The SMILES string of the molecule is COc1ccc(CNC(=O)C2(C)CCC(N3CC[C@@H](/C=C\c4ccccc4)[C@@H](C)C3)C2)cc1. The van der Waals surface area contributed by atoms with E-state index in [1.54, 1.807) is 7.11 Å². The summed E-state index contributed by atoms with van der Waals surface area (Å²) in [5.41, 5.74) is 2.10. The minimum absolute atomic E-state index is 0.189. The Balaban J connectivity index is 1.27. The molecule has 4 heteroatoms. The van der Waals surface area contributed by atoms with Gasteiger partial charge in [0.2, 0.25) is 5.91 Å². The number of carbonyl (C=O) groups is 1. The average molecular weight is 447 g/mol. The van der Waals surface area contributed by atoms with Gasteiger partial charge in [-0.05, 0) is 67.3 Å². The summed E-state index contributed by atoms with van der Waals surface area (Å²) in [6, 6.07) is 19.0. The summed E-state index contributed by atoms with van der Waals surface area (Å²) in [5, 5.41) is 3.18. The molecule has 2 aromatic rings. The summed E-state index contributed by atoms with van der Waals surface area (Å²) in [6.45, 7) is 7.34. The zero-order valence-corrected chi connectivity index (χ0v) is 20.3. The van der Waals surface area contributed by atoms with Crippen LogP contribution in [0.3, 0.4) is 0 Å². The van der Waals surface area contributed by atoms with Gasteiger partial charge in [0.15, 0.2) is 0 Å². The molecular weight excluding hydrogens is 408 g/mol. The monoisotopic (exact) mass is 446 g/mol. The molecule has 2 aromatic carbocycles. The molecule has 33 heavy (non-hydrogen) atoms. The average Bonchev–Trinajstić information content (AvgIpc) is 3.26. The van der Waals surface area contributed by atoms with Gasteiger partial charge in [0.25, 0.3) is 0 Å². The molecule has 4 atom stereocenters. The van der Waals surface area contributed by atoms with E-state index >= 15 is 0 Å². The highest BCUT2D eigenvalue weighted by Gasteiger charge is 2.43. The van der Waals surface area contributed by atoms with Gasteiger partial charge in [-0.1, -0.05) is 68.5 Å². The fraction of sp³-hybridized carbons (Fsp3) is 0.483. The molecule has 1 N–H and O–H groups in total. The molecule has 4 nitrogen and oxygen atoms in total. The molecule has 0 spiro atoms. The van der Waals surface area contributed by atoms with Gasteiger partial charge < -0.3 is 15.0 Å². The van der Waals surface area contributed by atoms with Crippen LogP contribution in [0.1, 0.15) is 50.7 Å². The van der Waals surface area contributed by atoms with Crippen molar-refractivity contribution in [3.05, 3.63) is 71.8 Å². The molecule has 1 heterocycles. The molecule has 2 fully saturated rings. The fourth-order valence-corrected chi connectivity index (χ4v) is 5.48. The molecule has 1 amide bonds. The number of amides is 1. The third kappa shape index (κ3) is 5.86. The summed E-state index contributed by atoms with van der Waals surface area (Å²) < 4.78 is 5.21. The molecule has 0 radical (unpaired) electrons. The Bertz CT molecular complexity index is 940. The maximum Gasteiger partial charge on any atom is 0.226 e. The first-order valence-corrected chi connectivity index (χ1v) is 12.4. The summed E-state index contributed by atoms with van der Waals surface area (Å²) in [6.07, 6.45) is 8.91. The second-order valence-electron chi connectivity index (χ2n) is 10.2. The van der Waals surface area contributed by atoms with Crippen LogP contribution in [0.25, 0.3) is 6.08 Å². The van der Waals surface area contributed by atoms with Crippen LogP contribution in [0.15, 0.2) is 60.7 Å². The van der Waals surface area contributed by atoms with Crippen molar-refractivity contribution in [1.82, 2.24) is 10.2 Å². The molecule has 0 aromatic heterocycles. The highest BCUT2D eigenvalue weighted by molar-refractivity contribution is 5.82. The van der Waals surface area contributed by atoms with Gasteiger partial charge in [0.1, 0.15) is 5.75 Å². The van der Waals surface area contributed by atoms with Crippen LogP contribution in [0, 0.1) is 17.3 Å². The van der Waals surface area contributed by atoms with Crippen molar-refractivity contribution in [2.45, 2.75) is 52.1 Å². The van der Waals surface area contributed by atoms with E-state index in [2.05, 4.69) is 66.5 Å². The molecule has 1 saturated heterocycles. The van der Waals surface area contributed by atoms with Crippen LogP contribution in [0.5, 0.6) is 5.75 Å². The van der Waals surface area contributed by atoms with Gasteiger partial charge in [-0.3, -0.25) is 4.79 Å². The zero-order valence-electron chi connectivity index (χ0n) is 20.3. The van der Waals surface area contributed by atoms with Crippen molar-refractivity contribution in [3.63, 3.8) is 0 Å². The number of rotatable bonds is 7. The van der Waals surface area contributed by atoms with E-state index in [0.717, 1.165) is 43.7 Å². The minimum Gasteiger partial charge on any atom is -0.497 e. The van der Waals surface area contributed by atoms with E-state index in [1.165, 1.54) is 12.0 Å². The van der Waals surface area contributed by atoms with Crippen molar-refractivity contribution in [2.75, 3.05) is 20.2 Å². The summed E-state index contributed by atoms with van der Waals surface area (Å²) in [7, 11) is 1.67. The van der Waals surface area contributed by atoms with E-state index < -0.39 is 0 Å². The van der Waals surface area contributed by atoms with Crippen LogP contribution in [0.2, 0.25) is 0 Å². The quantitative estimate of drug-likeness (QED) is 0.607. The number of benzene rings is 2. The van der Waals surface area contributed by atoms with Crippen molar-refractivity contribution < 1.29 is 9.53 Å². The number of carbonyl (C=O) groups excluding carboxylic acids is 1. The number of methoxy groups -OCH3 is 1. The molecule has 1 aliphatic carbocycles.